The molecule has 0 radical (unpaired) electrons. The number of hydrogen-bond donors (Lipinski definition) is 2. The molecule has 86 valence electrons. The van der Waals surface area contributed by atoms with E-state index in [2.05, 4.69) is 0 Å². The number of carbonyl (C=O) groups excluding carboxylic acids is 1. The summed E-state index contributed by atoms with van der Waals surface area (Å²) in [5.74, 6) is -0.140. The van der Waals surface area contributed by atoms with E-state index in [1.54, 1.807) is 30.3 Å². The number of phenols is 2. The minimum atomic E-state index is -0.0633. The molecule has 3 heteroatoms. The van der Waals surface area contributed by atoms with E-state index in [0.717, 1.165) is 0 Å². The second-order valence-electron chi connectivity index (χ2n) is 3.78. The van der Waals surface area contributed by atoms with Crippen molar-refractivity contribution in [3.05, 3.63) is 59.7 Å². The molecule has 0 saturated heterocycles. The van der Waals surface area contributed by atoms with E-state index >= 15 is 0 Å². The lowest BCUT2D eigenvalue weighted by Gasteiger charge is -2.04. The lowest BCUT2D eigenvalue weighted by molar-refractivity contribution is 0.0992. The molecule has 0 aliphatic carbocycles. The zero-order valence-electron chi connectivity index (χ0n) is 9.13. The molecular weight excluding hydrogens is 216 g/mol. The summed E-state index contributed by atoms with van der Waals surface area (Å²) in [4.78, 5) is 11.9. The minimum Gasteiger partial charge on any atom is -0.508 e. The van der Waals surface area contributed by atoms with Crippen molar-refractivity contribution >= 4 is 5.78 Å². The molecule has 0 amide bonds. The van der Waals surface area contributed by atoms with Crippen molar-refractivity contribution in [1.82, 2.24) is 0 Å². The Kier molecular flexibility index (Phi) is 3.10. The lowest BCUT2D eigenvalue weighted by Crippen LogP contribution is -2.03. The second kappa shape index (κ2) is 4.70. The summed E-state index contributed by atoms with van der Waals surface area (Å²) >= 11 is 0. The fourth-order valence-corrected chi connectivity index (χ4v) is 1.60. The predicted molar refractivity (Wildman–Crippen MR) is 64.2 cm³/mol. The fraction of sp³-hybridized carbons (Fsp3) is 0.0714. The number of Topliss-reactive ketones (excluding diaryl/α,β-unsaturated/α-hetero) is 1. The van der Waals surface area contributed by atoms with Crippen LogP contribution in [0.2, 0.25) is 0 Å². The van der Waals surface area contributed by atoms with Crippen LogP contribution in [0, 0.1) is 0 Å². The van der Waals surface area contributed by atoms with Gasteiger partial charge >= 0.3 is 0 Å². The van der Waals surface area contributed by atoms with Crippen LogP contribution in [0.15, 0.2) is 48.5 Å². The highest BCUT2D eigenvalue weighted by Gasteiger charge is 2.09. The number of rotatable bonds is 3. The third-order valence-corrected chi connectivity index (χ3v) is 2.52. The van der Waals surface area contributed by atoms with Crippen molar-refractivity contribution in [2.45, 2.75) is 6.42 Å². The number of ketones is 1. The molecule has 2 N–H and O–H groups in total. The van der Waals surface area contributed by atoms with Crippen LogP contribution in [-0.2, 0) is 6.42 Å². The van der Waals surface area contributed by atoms with Gasteiger partial charge in [-0.25, -0.2) is 0 Å². The highest BCUT2D eigenvalue weighted by Crippen LogP contribution is 2.23. The molecule has 3 nitrogen and oxygen atoms in total. The van der Waals surface area contributed by atoms with E-state index in [0.29, 0.717) is 11.1 Å². The van der Waals surface area contributed by atoms with Gasteiger partial charge in [0.1, 0.15) is 11.5 Å². The Labute approximate surface area is 99.0 Å². The molecule has 0 aromatic heterocycles. The van der Waals surface area contributed by atoms with Gasteiger partial charge in [-0.15, -0.1) is 0 Å². The van der Waals surface area contributed by atoms with Crippen LogP contribution in [-0.4, -0.2) is 16.0 Å². The Morgan fingerprint density at radius 2 is 1.71 bits per heavy atom. The van der Waals surface area contributed by atoms with Gasteiger partial charge in [-0.2, -0.15) is 0 Å². The van der Waals surface area contributed by atoms with E-state index in [-0.39, 0.29) is 23.7 Å². The van der Waals surface area contributed by atoms with Gasteiger partial charge in [0.2, 0.25) is 0 Å². The molecule has 2 aromatic rings. The summed E-state index contributed by atoms with van der Waals surface area (Å²) in [6, 6.07) is 13.1. The zero-order valence-corrected chi connectivity index (χ0v) is 9.13. The van der Waals surface area contributed by atoms with Crippen LogP contribution < -0.4 is 0 Å². The highest BCUT2D eigenvalue weighted by atomic mass is 16.3. The first-order chi connectivity index (χ1) is 8.16. The summed E-state index contributed by atoms with van der Waals surface area (Å²) in [6.45, 7) is 0. The molecule has 2 aromatic carbocycles. The Bertz CT molecular complexity index is 532. The van der Waals surface area contributed by atoms with Crippen LogP contribution in [0.1, 0.15) is 15.9 Å². The molecule has 0 saturated carbocycles. The van der Waals surface area contributed by atoms with Crippen molar-refractivity contribution in [1.29, 1.82) is 0 Å². The predicted octanol–water partition coefficient (Wildman–Crippen LogP) is 2.52. The van der Waals surface area contributed by atoms with Gasteiger partial charge in [-0.05, 0) is 6.07 Å². The van der Waals surface area contributed by atoms with Gasteiger partial charge in [0.25, 0.3) is 0 Å². The summed E-state index contributed by atoms with van der Waals surface area (Å²) in [5.41, 5.74) is 1.12. The van der Waals surface area contributed by atoms with Crippen molar-refractivity contribution in [2.24, 2.45) is 0 Å². The van der Waals surface area contributed by atoms with E-state index < -0.39 is 0 Å². The van der Waals surface area contributed by atoms with Crippen LogP contribution >= 0.6 is 0 Å². The number of phenolic OH excluding ortho intramolecular Hbond substituents is 2. The molecule has 0 spiro atoms. The lowest BCUT2D eigenvalue weighted by atomic mass is 10.0. The summed E-state index contributed by atoms with van der Waals surface area (Å²) in [6.07, 6.45) is 0.121. The van der Waals surface area contributed by atoms with Gasteiger partial charge in [0, 0.05) is 23.6 Å². The fourth-order valence-electron chi connectivity index (χ4n) is 1.60. The van der Waals surface area contributed by atoms with Gasteiger partial charge in [0.05, 0.1) is 0 Å². The molecule has 2 rings (SSSR count). The number of benzene rings is 2. The average Bonchev–Trinajstić information content (AvgIpc) is 2.34. The summed E-state index contributed by atoms with van der Waals surface area (Å²) in [7, 11) is 0. The maximum absolute atomic E-state index is 11.9. The van der Waals surface area contributed by atoms with E-state index in [1.807, 2.05) is 6.07 Å². The van der Waals surface area contributed by atoms with Crippen molar-refractivity contribution in [3.63, 3.8) is 0 Å². The van der Waals surface area contributed by atoms with E-state index in [9.17, 15) is 9.90 Å². The third kappa shape index (κ3) is 2.64. The normalized spacial score (nSPS) is 10.1. The first-order valence-corrected chi connectivity index (χ1v) is 5.26. The zero-order chi connectivity index (χ0) is 12.3. The average molecular weight is 228 g/mol. The van der Waals surface area contributed by atoms with E-state index in [1.165, 1.54) is 12.1 Å². The maximum Gasteiger partial charge on any atom is 0.167 e. The first kappa shape index (κ1) is 11.2. The molecule has 0 atom stereocenters. The van der Waals surface area contributed by atoms with Gasteiger partial charge in [-0.3, -0.25) is 4.79 Å². The monoisotopic (exact) mass is 228 g/mol. The van der Waals surface area contributed by atoms with Crippen molar-refractivity contribution in [3.8, 4) is 11.5 Å². The molecular formula is C14H12O3. The second-order valence-corrected chi connectivity index (χ2v) is 3.78. The highest BCUT2D eigenvalue weighted by molar-refractivity contribution is 5.97. The summed E-state index contributed by atoms with van der Waals surface area (Å²) in [5, 5.41) is 18.7. The Morgan fingerprint density at radius 1 is 1.00 bits per heavy atom. The quantitative estimate of drug-likeness (QED) is 0.793. The summed E-state index contributed by atoms with van der Waals surface area (Å²) < 4.78 is 0. The number of hydrogen-bond acceptors (Lipinski definition) is 3. The smallest absolute Gasteiger partial charge is 0.167 e. The van der Waals surface area contributed by atoms with Gasteiger partial charge < -0.3 is 10.2 Å². The number of aromatic hydroxyl groups is 2. The SMILES string of the molecule is O=C(Cc1ccc(O)cc1O)c1ccccc1. The van der Waals surface area contributed by atoms with Gasteiger partial charge in [0.15, 0.2) is 5.78 Å². The van der Waals surface area contributed by atoms with Crippen LogP contribution in [0.25, 0.3) is 0 Å². The molecule has 17 heavy (non-hydrogen) atoms. The standard InChI is InChI=1S/C14H12O3/c15-12-7-6-11(14(17)9-12)8-13(16)10-4-2-1-3-5-10/h1-7,9,15,17H,8H2. The molecule has 0 aliphatic rings. The van der Waals surface area contributed by atoms with E-state index in [4.69, 9.17) is 5.11 Å². The van der Waals surface area contributed by atoms with Crippen molar-refractivity contribution in [2.75, 3.05) is 0 Å². The first-order valence-electron chi connectivity index (χ1n) is 5.26. The Balaban J connectivity index is 2.19. The molecule has 0 fully saturated rings. The Hall–Kier alpha value is -2.29. The topological polar surface area (TPSA) is 57.5 Å². The van der Waals surface area contributed by atoms with Crippen LogP contribution in [0.3, 0.4) is 0 Å². The maximum atomic E-state index is 11.9. The van der Waals surface area contributed by atoms with Crippen molar-refractivity contribution < 1.29 is 15.0 Å². The third-order valence-electron chi connectivity index (χ3n) is 2.52. The molecule has 0 unspecified atom stereocenters. The van der Waals surface area contributed by atoms with Gasteiger partial charge in [-0.1, -0.05) is 36.4 Å². The molecule has 0 bridgehead atoms. The number of carbonyl (C=O) groups is 1. The largest absolute Gasteiger partial charge is 0.508 e. The minimum absolute atomic E-state index is 0.0154. The molecule has 0 aliphatic heterocycles. The van der Waals surface area contributed by atoms with Crippen LogP contribution in [0.4, 0.5) is 0 Å². The van der Waals surface area contributed by atoms with Crippen LogP contribution in [0.5, 0.6) is 11.5 Å². The molecule has 0 heterocycles. The Morgan fingerprint density at radius 3 is 2.35 bits per heavy atom.